The van der Waals surface area contributed by atoms with Gasteiger partial charge >= 0.3 is 23.5 Å². The largest absolute Gasteiger partial charge is 0.481 e. The number of phosphoric ester groups is 3. The van der Waals surface area contributed by atoms with Gasteiger partial charge in [-0.2, -0.15) is 4.31 Å². The topological polar surface area (TPSA) is 384 Å². The van der Waals surface area contributed by atoms with E-state index in [2.05, 4.69) is 34.4 Å². The van der Waals surface area contributed by atoms with E-state index in [9.17, 15) is 63.0 Å². The Bertz CT molecular complexity index is 1780. The number of nitrogens with one attached hydrogen (secondary N) is 2. The number of aliphatic hydroxyl groups is 3. The number of carbonyl (C=O) groups is 3. The molecule has 8 atom stereocenters. The molecule has 306 valence electrons. The monoisotopic (exact) mass is 853 g/mol. The summed E-state index contributed by atoms with van der Waals surface area (Å²) in [6, 6.07) is 0. The van der Waals surface area contributed by atoms with Gasteiger partial charge in [0.05, 0.1) is 19.5 Å². The van der Waals surface area contributed by atoms with Crippen molar-refractivity contribution in [3.63, 3.8) is 0 Å². The van der Waals surface area contributed by atoms with Gasteiger partial charge in [-0.25, -0.2) is 28.6 Å². The number of nitrogens with two attached hydrogens (primary N) is 1. The van der Waals surface area contributed by atoms with Crippen LogP contribution >= 0.6 is 35.2 Å². The molecule has 0 bridgehead atoms. The number of hydrogen-bond acceptors (Lipinski definition) is 19. The Morgan fingerprint density at radius 3 is 2.37 bits per heavy atom. The first-order valence-electron chi connectivity index (χ1n) is 15.7. The van der Waals surface area contributed by atoms with Crippen molar-refractivity contribution in [2.45, 2.75) is 70.4 Å². The van der Waals surface area contributed by atoms with Gasteiger partial charge in [0.2, 0.25) is 16.9 Å². The number of aliphatic hydroxyl groups excluding tert-OH is 3. The second-order valence-electron chi connectivity index (χ2n) is 12.2. The van der Waals surface area contributed by atoms with Crippen molar-refractivity contribution in [1.29, 1.82) is 0 Å². The lowest BCUT2D eigenvalue weighted by Gasteiger charge is -2.30. The van der Waals surface area contributed by atoms with Crippen LogP contribution in [0.2, 0.25) is 0 Å². The van der Waals surface area contributed by atoms with Crippen LogP contribution in [0.5, 0.6) is 0 Å². The maximum Gasteiger partial charge on any atom is 0.481 e. The zero-order valence-electron chi connectivity index (χ0n) is 28.8. The van der Waals surface area contributed by atoms with Crippen LogP contribution in [0.15, 0.2) is 12.7 Å². The van der Waals surface area contributed by atoms with E-state index >= 15 is 0 Å². The average Bonchev–Trinajstić information content (AvgIpc) is 3.64. The molecule has 0 radical (unpaired) electrons. The number of carbonyl (C=O) groups excluding carboxylic acids is 3. The fraction of sp³-hybridized carbons (Fsp3) is 0.680. The van der Waals surface area contributed by atoms with Crippen LogP contribution in [0.4, 0.5) is 5.82 Å². The molecule has 1 saturated heterocycles. The van der Waals surface area contributed by atoms with E-state index in [0.717, 1.165) is 29.0 Å². The summed E-state index contributed by atoms with van der Waals surface area (Å²) in [5, 5.41) is 35.2. The maximum atomic E-state index is 12.6. The molecule has 11 N–H and O–H groups in total. The molecule has 1 fully saturated rings. The third-order valence-electron chi connectivity index (χ3n) is 7.40. The summed E-state index contributed by atoms with van der Waals surface area (Å²) in [5.41, 5.74) is 4.23. The lowest BCUT2D eigenvalue weighted by molar-refractivity contribution is -0.137. The third kappa shape index (κ3) is 13.3. The highest BCUT2D eigenvalue weighted by Gasteiger charge is 2.50. The van der Waals surface area contributed by atoms with E-state index < -0.39 is 95.8 Å². The van der Waals surface area contributed by atoms with E-state index in [0.29, 0.717) is 0 Å². The molecule has 29 heteroatoms. The zero-order valence-corrected chi connectivity index (χ0v) is 32.3. The van der Waals surface area contributed by atoms with Crippen LogP contribution in [0, 0.1) is 5.41 Å². The number of thioether (sulfide) groups is 1. The summed E-state index contributed by atoms with van der Waals surface area (Å²) in [6.07, 6.45) is -7.84. The molecule has 1 aliphatic heterocycles. The molecule has 1 aliphatic rings. The SMILES string of the molecule is CC[C@@H](O)C(=O)SCCNC(=O)CCNC(=O)[C@H](O)C(C)(C)COP(=O)(O)OP(=O)(O)OC[C@H]1O[C@@H](n2cnc3c(N)ncnc32)[C@H](O)[C@@H]1OP(=O)(O)O. The van der Waals surface area contributed by atoms with Crippen LogP contribution in [0.25, 0.3) is 11.2 Å². The number of aromatic nitrogens is 4. The molecular weight excluding hydrogens is 811 g/mol. The Hall–Kier alpha value is -2.48. The van der Waals surface area contributed by atoms with Gasteiger partial charge in [-0.15, -0.1) is 0 Å². The minimum Gasteiger partial charge on any atom is -0.386 e. The predicted molar refractivity (Wildman–Crippen MR) is 183 cm³/mol. The number of nitrogens with zero attached hydrogens (tertiary/aromatic N) is 4. The van der Waals surface area contributed by atoms with Crippen molar-refractivity contribution in [2.75, 3.05) is 37.8 Å². The second-order valence-corrected chi connectivity index (χ2v) is 17.5. The van der Waals surface area contributed by atoms with E-state index in [1.54, 1.807) is 6.92 Å². The third-order valence-corrected chi connectivity index (χ3v) is 11.5. The highest BCUT2D eigenvalue weighted by Crippen LogP contribution is 2.61. The van der Waals surface area contributed by atoms with Gasteiger partial charge in [0.15, 0.2) is 17.7 Å². The average molecular weight is 854 g/mol. The van der Waals surface area contributed by atoms with Crippen molar-refractivity contribution >= 4 is 69.1 Å². The van der Waals surface area contributed by atoms with Gasteiger partial charge in [0.1, 0.15) is 42.4 Å². The molecule has 2 amide bonds. The Kier molecular flexibility index (Phi) is 16.2. The maximum absolute atomic E-state index is 12.6. The van der Waals surface area contributed by atoms with E-state index in [1.165, 1.54) is 13.8 Å². The highest BCUT2D eigenvalue weighted by atomic mass is 32.2. The van der Waals surface area contributed by atoms with E-state index in [1.807, 2.05) is 0 Å². The van der Waals surface area contributed by atoms with Crippen molar-refractivity contribution in [2.24, 2.45) is 5.41 Å². The molecule has 3 rings (SSSR count). The van der Waals surface area contributed by atoms with Crippen LogP contribution in [-0.2, 0) is 50.7 Å². The predicted octanol–water partition coefficient (Wildman–Crippen LogP) is -1.56. The summed E-state index contributed by atoms with van der Waals surface area (Å²) >= 11 is 0.853. The lowest BCUT2D eigenvalue weighted by Crippen LogP contribution is -2.46. The summed E-state index contributed by atoms with van der Waals surface area (Å²) in [4.78, 5) is 86.9. The standard InChI is InChI=1S/C25H42N7O18P3S/c1-4-13(33)24(38)54-8-7-27-15(34)5-6-28-22(37)19(36)25(2,3)10-47-53(44,45)50-52(42,43)46-9-14-18(49-51(39,40)41)17(35)23(48-14)32-12-31-16-20(26)29-11-30-21(16)32/h11-14,17-19,23,33,35-36H,4-10H2,1-3H3,(H,27,34)(H,28,37)(H,42,43)(H,44,45)(H2,26,29,30)(H2,39,40,41)/t13-,14-,17-,18-,19+,23-/m1/s1. The molecule has 0 saturated carbocycles. The summed E-state index contributed by atoms with van der Waals surface area (Å²) < 4.78 is 61.9. The Balaban J connectivity index is 1.51. The van der Waals surface area contributed by atoms with Gasteiger partial charge in [0.25, 0.3) is 0 Å². The molecule has 25 nitrogen and oxygen atoms in total. The lowest BCUT2D eigenvalue weighted by atomic mass is 9.87. The fourth-order valence-electron chi connectivity index (χ4n) is 4.54. The van der Waals surface area contributed by atoms with Crippen LogP contribution in [0.3, 0.4) is 0 Å². The van der Waals surface area contributed by atoms with Crippen LogP contribution in [-0.4, -0.2) is 134 Å². The molecule has 54 heavy (non-hydrogen) atoms. The van der Waals surface area contributed by atoms with Gasteiger partial charge in [-0.3, -0.25) is 32.5 Å². The second kappa shape index (κ2) is 19.1. The Morgan fingerprint density at radius 1 is 1.06 bits per heavy atom. The molecular formula is C25H42N7O18P3S. The smallest absolute Gasteiger partial charge is 0.386 e. The van der Waals surface area contributed by atoms with E-state index in [-0.39, 0.29) is 48.7 Å². The highest BCUT2D eigenvalue weighted by molar-refractivity contribution is 8.13. The number of anilines is 1. The molecule has 0 aliphatic carbocycles. The summed E-state index contributed by atoms with van der Waals surface area (Å²) in [5.74, 6) is -1.32. The van der Waals surface area contributed by atoms with Gasteiger partial charge in [-0.1, -0.05) is 32.5 Å². The number of amides is 2. The first kappa shape index (κ1) is 45.9. The van der Waals surface area contributed by atoms with Crippen LogP contribution < -0.4 is 16.4 Å². The number of hydrogen-bond donors (Lipinski definition) is 10. The zero-order chi connectivity index (χ0) is 40.6. The van der Waals surface area contributed by atoms with Gasteiger partial charge in [0, 0.05) is 30.7 Å². The normalized spacial score (nSPS) is 22.6. The number of ether oxygens (including phenoxy) is 1. The van der Waals surface area contributed by atoms with Crippen molar-refractivity contribution in [3.8, 4) is 0 Å². The minimum absolute atomic E-state index is 0.0254. The number of rotatable bonds is 21. The molecule has 0 aromatic carbocycles. The number of nitrogen functional groups attached to an aromatic ring is 1. The van der Waals surface area contributed by atoms with Crippen LogP contribution in [0.1, 0.15) is 39.8 Å². The fourth-order valence-corrected chi connectivity index (χ4v) is 8.14. The molecule has 2 aromatic heterocycles. The Morgan fingerprint density at radius 2 is 1.72 bits per heavy atom. The quantitative estimate of drug-likeness (QED) is 0.0501. The van der Waals surface area contributed by atoms with Gasteiger partial charge in [-0.05, 0) is 6.42 Å². The Labute approximate surface area is 310 Å². The van der Waals surface area contributed by atoms with Crippen molar-refractivity contribution in [1.82, 2.24) is 30.2 Å². The van der Waals surface area contributed by atoms with Crippen molar-refractivity contribution < 1.29 is 85.6 Å². The minimum atomic E-state index is -5.57. The number of fused-ring (bicyclic) bond motifs is 1. The molecule has 0 spiro atoms. The first-order valence-corrected chi connectivity index (χ1v) is 21.2. The van der Waals surface area contributed by atoms with Gasteiger partial charge < -0.3 is 56.0 Å². The molecule has 2 unspecified atom stereocenters. The number of imidazole rings is 1. The van der Waals surface area contributed by atoms with Crippen molar-refractivity contribution in [3.05, 3.63) is 12.7 Å². The summed E-state index contributed by atoms with van der Waals surface area (Å²) in [7, 11) is -16.4. The first-order chi connectivity index (χ1) is 25.0. The number of phosphoric acid groups is 3. The summed E-state index contributed by atoms with van der Waals surface area (Å²) in [6.45, 7) is 1.96. The molecule has 3 heterocycles. The molecule has 2 aromatic rings. The van der Waals surface area contributed by atoms with E-state index in [4.69, 9.17) is 19.5 Å².